The van der Waals surface area contributed by atoms with Crippen molar-refractivity contribution in [3.05, 3.63) is 23.2 Å². The molecule has 1 N–H and O–H groups in total. The minimum absolute atomic E-state index is 0.0710. The minimum atomic E-state index is -3.74. The van der Waals surface area contributed by atoms with Crippen LogP contribution < -0.4 is 10.1 Å². The van der Waals surface area contributed by atoms with Gasteiger partial charge in [0.1, 0.15) is 5.75 Å². The summed E-state index contributed by atoms with van der Waals surface area (Å²) in [5.74, 6) is 0.0235. The number of halogens is 1. The van der Waals surface area contributed by atoms with E-state index in [4.69, 9.17) is 16.3 Å². The molecular formula is C18H27ClN2O4S. The van der Waals surface area contributed by atoms with Gasteiger partial charge in [0.15, 0.2) is 0 Å². The molecule has 1 fully saturated rings. The Morgan fingerprint density at radius 1 is 1.38 bits per heavy atom. The largest absolute Gasteiger partial charge is 0.495 e. The van der Waals surface area contributed by atoms with Crippen molar-refractivity contribution in [1.29, 1.82) is 0 Å². The molecular weight excluding hydrogens is 376 g/mol. The van der Waals surface area contributed by atoms with Gasteiger partial charge in [0, 0.05) is 19.1 Å². The van der Waals surface area contributed by atoms with Crippen LogP contribution in [0.2, 0.25) is 5.02 Å². The summed E-state index contributed by atoms with van der Waals surface area (Å²) < 4.78 is 32.6. The van der Waals surface area contributed by atoms with Gasteiger partial charge in [-0.15, -0.1) is 0 Å². The predicted octanol–water partition coefficient (Wildman–Crippen LogP) is 3.05. The van der Waals surface area contributed by atoms with Gasteiger partial charge in [-0.3, -0.25) is 4.79 Å². The lowest BCUT2D eigenvalue weighted by Crippen LogP contribution is -2.49. The van der Waals surface area contributed by atoms with Gasteiger partial charge in [-0.1, -0.05) is 24.9 Å². The Labute approximate surface area is 160 Å². The van der Waals surface area contributed by atoms with E-state index in [-0.39, 0.29) is 34.3 Å². The van der Waals surface area contributed by atoms with Crippen molar-refractivity contribution < 1.29 is 17.9 Å². The number of piperidine rings is 1. The standard InChI is InChI=1S/C18H27ClN2O4S/c1-4-5-10-20-18(22)14-7-6-13(2)21(12-14)26(23,24)15-8-9-17(25-3)16(19)11-15/h8-9,11,13-14H,4-7,10,12H2,1-3H3,(H,20,22). The van der Waals surface area contributed by atoms with Crippen LogP contribution in [0.15, 0.2) is 23.1 Å². The fourth-order valence-corrected chi connectivity index (χ4v) is 5.15. The number of hydrogen-bond acceptors (Lipinski definition) is 4. The molecule has 146 valence electrons. The molecule has 0 aliphatic carbocycles. The topological polar surface area (TPSA) is 75.7 Å². The first kappa shape index (κ1) is 21.0. The number of rotatable bonds is 7. The third kappa shape index (κ3) is 4.69. The molecule has 1 heterocycles. The summed E-state index contributed by atoms with van der Waals surface area (Å²) in [5.41, 5.74) is 0. The van der Waals surface area contributed by atoms with E-state index in [0.717, 1.165) is 12.8 Å². The lowest BCUT2D eigenvalue weighted by Gasteiger charge is -2.36. The van der Waals surface area contributed by atoms with Crippen LogP contribution in [0.1, 0.15) is 39.5 Å². The number of carbonyl (C=O) groups is 1. The van der Waals surface area contributed by atoms with Gasteiger partial charge in [-0.25, -0.2) is 8.42 Å². The summed E-state index contributed by atoms with van der Waals surface area (Å²) in [6, 6.07) is 4.25. The third-order valence-corrected chi connectivity index (χ3v) is 7.03. The van der Waals surface area contributed by atoms with Crippen molar-refractivity contribution in [1.82, 2.24) is 9.62 Å². The lowest BCUT2D eigenvalue weighted by molar-refractivity contribution is -0.126. The van der Waals surface area contributed by atoms with E-state index in [0.29, 0.717) is 25.1 Å². The molecule has 2 atom stereocenters. The third-order valence-electron chi connectivity index (χ3n) is 4.76. The average Bonchev–Trinajstić information content (AvgIpc) is 2.61. The van der Waals surface area contributed by atoms with E-state index in [1.807, 2.05) is 6.92 Å². The Bertz CT molecular complexity index is 739. The Balaban J connectivity index is 2.18. The van der Waals surface area contributed by atoms with Crippen LogP contribution in [-0.4, -0.2) is 44.9 Å². The Morgan fingerprint density at radius 2 is 2.12 bits per heavy atom. The molecule has 1 saturated heterocycles. The second-order valence-corrected chi connectivity index (χ2v) is 8.94. The van der Waals surface area contributed by atoms with Gasteiger partial charge >= 0.3 is 0 Å². The van der Waals surface area contributed by atoms with Crippen molar-refractivity contribution in [2.45, 2.75) is 50.5 Å². The first-order chi connectivity index (χ1) is 12.3. The Morgan fingerprint density at radius 3 is 2.73 bits per heavy atom. The number of nitrogens with zero attached hydrogens (tertiary/aromatic N) is 1. The molecule has 0 spiro atoms. The zero-order chi connectivity index (χ0) is 19.3. The van der Waals surface area contributed by atoms with Gasteiger partial charge in [0.25, 0.3) is 0 Å². The van der Waals surface area contributed by atoms with E-state index in [2.05, 4.69) is 12.2 Å². The maximum absolute atomic E-state index is 13.1. The fraction of sp³-hybridized carbons (Fsp3) is 0.611. The van der Waals surface area contributed by atoms with Gasteiger partial charge in [0.05, 0.1) is 22.9 Å². The summed E-state index contributed by atoms with van der Waals surface area (Å²) in [4.78, 5) is 12.5. The van der Waals surface area contributed by atoms with Gasteiger partial charge in [-0.2, -0.15) is 4.31 Å². The molecule has 1 aromatic rings. The molecule has 8 heteroatoms. The van der Waals surface area contributed by atoms with Crippen molar-refractivity contribution in [3.63, 3.8) is 0 Å². The summed E-state index contributed by atoms with van der Waals surface area (Å²) in [6.45, 7) is 4.74. The molecule has 1 amide bonds. The van der Waals surface area contributed by atoms with E-state index in [1.54, 1.807) is 6.07 Å². The van der Waals surface area contributed by atoms with Crippen molar-refractivity contribution in [2.24, 2.45) is 5.92 Å². The van der Waals surface area contributed by atoms with Gasteiger partial charge in [-0.05, 0) is 44.4 Å². The number of ether oxygens (including phenoxy) is 1. The van der Waals surface area contributed by atoms with Crippen LogP contribution in [0.3, 0.4) is 0 Å². The van der Waals surface area contributed by atoms with Crippen LogP contribution in [0, 0.1) is 5.92 Å². The molecule has 2 rings (SSSR count). The molecule has 26 heavy (non-hydrogen) atoms. The number of nitrogens with one attached hydrogen (secondary N) is 1. The highest BCUT2D eigenvalue weighted by Gasteiger charge is 2.37. The zero-order valence-corrected chi connectivity index (χ0v) is 17.1. The highest BCUT2D eigenvalue weighted by atomic mass is 35.5. The van der Waals surface area contributed by atoms with Gasteiger partial charge in [0.2, 0.25) is 15.9 Å². The first-order valence-corrected chi connectivity index (χ1v) is 10.8. The number of amides is 1. The number of benzene rings is 1. The SMILES string of the molecule is CCCCNC(=O)C1CCC(C)N(S(=O)(=O)c2ccc(OC)c(Cl)c2)C1. The van der Waals surface area contributed by atoms with Crippen molar-refractivity contribution >= 4 is 27.5 Å². The zero-order valence-electron chi connectivity index (χ0n) is 15.5. The summed E-state index contributed by atoms with van der Waals surface area (Å²) in [5, 5.41) is 3.15. The Hall–Kier alpha value is -1.31. The number of sulfonamides is 1. The van der Waals surface area contributed by atoms with Crippen LogP contribution in [0.25, 0.3) is 0 Å². The van der Waals surface area contributed by atoms with Crippen LogP contribution in [0.4, 0.5) is 0 Å². The number of unbranched alkanes of at least 4 members (excludes halogenated alkanes) is 1. The predicted molar refractivity (Wildman–Crippen MR) is 102 cm³/mol. The highest BCUT2D eigenvalue weighted by molar-refractivity contribution is 7.89. The second kappa shape index (κ2) is 9.06. The molecule has 0 radical (unpaired) electrons. The smallest absolute Gasteiger partial charge is 0.243 e. The average molecular weight is 403 g/mol. The normalized spacial score (nSPS) is 21.4. The lowest BCUT2D eigenvalue weighted by atomic mass is 9.94. The van der Waals surface area contributed by atoms with Crippen LogP contribution >= 0.6 is 11.6 Å². The van der Waals surface area contributed by atoms with Gasteiger partial charge < -0.3 is 10.1 Å². The fourth-order valence-electron chi connectivity index (χ4n) is 3.10. The highest BCUT2D eigenvalue weighted by Crippen LogP contribution is 2.32. The van der Waals surface area contributed by atoms with E-state index in [9.17, 15) is 13.2 Å². The monoisotopic (exact) mass is 402 g/mol. The number of methoxy groups -OCH3 is 1. The number of hydrogen-bond donors (Lipinski definition) is 1. The molecule has 1 aliphatic rings. The second-order valence-electron chi connectivity index (χ2n) is 6.64. The minimum Gasteiger partial charge on any atom is -0.495 e. The van der Waals surface area contributed by atoms with E-state index < -0.39 is 10.0 Å². The molecule has 0 aromatic heterocycles. The quantitative estimate of drug-likeness (QED) is 0.711. The van der Waals surface area contributed by atoms with E-state index >= 15 is 0 Å². The Kier molecular flexibility index (Phi) is 7.32. The molecule has 6 nitrogen and oxygen atoms in total. The maximum Gasteiger partial charge on any atom is 0.243 e. The maximum atomic E-state index is 13.1. The van der Waals surface area contributed by atoms with Crippen molar-refractivity contribution in [2.75, 3.05) is 20.2 Å². The van der Waals surface area contributed by atoms with Crippen molar-refractivity contribution in [3.8, 4) is 5.75 Å². The molecule has 1 aromatic carbocycles. The summed E-state index contributed by atoms with van der Waals surface area (Å²) in [7, 11) is -2.26. The van der Waals surface area contributed by atoms with Crippen LogP contribution in [-0.2, 0) is 14.8 Å². The molecule has 0 saturated carbocycles. The molecule has 1 aliphatic heterocycles. The summed E-state index contributed by atoms with van der Waals surface area (Å²) in [6.07, 6.45) is 3.26. The first-order valence-electron chi connectivity index (χ1n) is 8.94. The molecule has 2 unspecified atom stereocenters. The number of carbonyl (C=O) groups excluding carboxylic acids is 1. The van der Waals surface area contributed by atoms with E-state index in [1.165, 1.54) is 23.5 Å². The molecule has 0 bridgehead atoms. The summed E-state index contributed by atoms with van der Waals surface area (Å²) >= 11 is 6.09. The van der Waals surface area contributed by atoms with Crippen LogP contribution in [0.5, 0.6) is 5.75 Å².